The van der Waals surface area contributed by atoms with Gasteiger partial charge in [-0.1, -0.05) is 13.8 Å². The van der Waals surface area contributed by atoms with Gasteiger partial charge in [-0.2, -0.15) is 0 Å². The molecule has 0 aliphatic carbocycles. The van der Waals surface area contributed by atoms with E-state index < -0.39 is 0 Å². The average molecular weight is 204 g/mol. The second kappa shape index (κ2) is 4.96. The third-order valence-electron chi connectivity index (χ3n) is 2.39. The number of aryl methyl sites for hydroxylation is 1. The number of fused-ring (bicyclic) bond motifs is 1. The molecule has 2 aromatic heterocycles. The fourth-order valence-electron chi connectivity index (χ4n) is 1.61. The highest BCUT2D eigenvalue weighted by Gasteiger charge is 2.05. The summed E-state index contributed by atoms with van der Waals surface area (Å²) in [5, 5.41) is 1.26. The number of pyridine rings is 1. The minimum absolute atomic E-state index is 0.479. The molecule has 0 fully saturated rings. The van der Waals surface area contributed by atoms with E-state index in [4.69, 9.17) is 0 Å². The van der Waals surface area contributed by atoms with E-state index in [1.807, 2.05) is 26.1 Å². The molecule has 0 atom stereocenters. The molecule has 0 amide bonds. The molecule has 0 aliphatic rings. The summed E-state index contributed by atoms with van der Waals surface area (Å²) in [6, 6.07) is 4.66. The lowest BCUT2D eigenvalue weighted by molar-refractivity contribution is 0.618. The first-order valence-electron chi connectivity index (χ1n) is 5.62. The van der Waals surface area contributed by atoms with Crippen LogP contribution in [0.15, 0.2) is 24.5 Å². The third-order valence-corrected chi connectivity index (χ3v) is 2.39. The van der Waals surface area contributed by atoms with Crippen molar-refractivity contribution >= 4 is 11.0 Å². The smallest absolute Gasteiger partial charge is 0.140 e. The Bertz CT molecular complexity index is 427. The summed E-state index contributed by atoms with van der Waals surface area (Å²) in [6.07, 6.45) is 3.98. The Kier molecular flexibility index (Phi) is 3.89. The van der Waals surface area contributed by atoms with Crippen LogP contribution < -0.4 is 0 Å². The lowest BCUT2D eigenvalue weighted by atomic mass is 10.2. The topological polar surface area (TPSA) is 17.8 Å². The minimum Gasteiger partial charge on any atom is -0.330 e. The molecule has 2 nitrogen and oxygen atoms in total. The van der Waals surface area contributed by atoms with Gasteiger partial charge < -0.3 is 4.57 Å². The normalized spacial score (nSPS) is 10.3. The van der Waals surface area contributed by atoms with Gasteiger partial charge in [0.25, 0.3) is 0 Å². The summed E-state index contributed by atoms with van der Waals surface area (Å²) in [7, 11) is 0. The molecule has 2 aromatic rings. The van der Waals surface area contributed by atoms with E-state index >= 15 is 0 Å². The minimum atomic E-state index is 0.479. The average Bonchev–Trinajstić information content (AvgIpc) is 2.66. The molecule has 0 saturated heterocycles. The highest BCUT2D eigenvalue weighted by molar-refractivity contribution is 5.79. The van der Waals surface area contributed by atoms with E-state index in [1.54, 1.807) is 0 Å². The molecule has 0 bridgehead atoms. The van der Waals surface area contributed by atoms with Crippen molar-refractivity contribution in [3.63, 3.8) is 0 Å². The van der Waals surface area contributed by atoms with Crippen LogP contribution in [0.4, 0.5) is 0 Å². The summed E-state index contributed by atoms with van der Waals surface area (Å²) < 4.78 is 2.20. The maximum Gasteiger partial charge on any atom is 0.140 e. The molecular weight excluding hydrogens is 184 g/mol. The zero-order valence-corrected chi connectivity index (χ0v) is 10.3. The van der Waals surface area contributed by atoms with Gasteiger partial charge in [-0.3, -0.25) is 0 Å². The standard InChI is InChI=1S/C11H14N2.C2H6/c1-8(2)13-7-5-10-9(3)4-6-12-11(10)13;1-2/h4-8H,1-3H3;1-2H3. The van der Waals surface area contributed by atoms with Gasteiger partial charge in [0.1, 0.15) is 5.65 Å². The van der Waals surface area contributed by atoms with Crippen LogP contribution in [0.3, 0.4) is 0 Å². The monoisotopic (exact) mass is 204 g/mol. The van der Waals surface area contributed by atoms with E-state index in [0.29, 0.717) is 6.04 Å². The Hall–Kier alpha value is -1.31. The highest BCUT2D eigenvalue weighted by atomic mass is 15.0. The summed E-state index contributed by atoms with van der Waals surface area (Å²) in [5.74, 6) is 0. The zero-order valence-electron chi connectivity index (χ0n) is 10.3. The van der Waals surface area contributed by atoms with Gasteiger partial charge in [0.2, 0.25) is 0 Å². The van der Waals surface area contributed by atoms with Gasteiger partial charge in [0.15, 0.2) is 0 Å². The molecule has 2 heterocycles. The number of hydrogen-bond acceptors (Lipinski definition) is 1. The van der Waals surface area contributed by atoms with Crippen LogP contribution in [0.5, 0.6) is 0 Å². The van der Waals surface area contributed by atoms with Gasteiger partial charge in [0.05, 0.1) is 0 Å². The molecule has 0 unspecified atom stereocenters. The number of rotatable bonds is 1. The quantitative estimate of drug-likeness (QED) is 0.687. The van der Waals surface area contributed by atoms with Crippen LogP contribution in [-0.2, 0) is 0 Å². The van der Waals surface area contributed by atoms with Crippen LogP contribution in [0.1, 0.15) is 39.3 Å². The van der Waals surface area contributed by atoms with E-state index in [0.717, 1.165) is 5.65 Å². The van der Waals surface area contributed by atoms with Crippen molar-refractivity contribution in [2.75, 3.05) is 0 Å². The maximum absolute atomic E-state index is 4.39. The van der Waals surface area contributed by atoms with Crippen LogP contribution in [0.2, 0.25) is 0 Å². The van der Waals surface area contributed by atoms with Crippen molar-refractivity contribution in [1.82, 2.24) is 9.55 Å². The number of aromatic nitrogens is 2. The molecule has 0 N–H and O–H groups in total. The fraction of sp³-hybridized carbons (Fsp3) is 0.462. The number of nitrogens with zero attached hydrogens (tertiary/aromatic N) is 2. The summed E-state index contributed by atoms with van der Waals surface area (Å²) in [6.45, 7) is 10.5. The van der Waals surface area contributed by atoms with Crippen LogP contribution in [0, 0.1) is 6.92 Å². The van der Waals surface area contributed by atoms with Gasteiger partial charge >= 0.3 is 0 Å². The predicted octanol–water partition coefficient (Wildman–Crippen LogP) is 3.95. The Morgan fingerprint density at radius 1 is 1.20 bits per heavy atom. The third kappa shape index (κ3) is 2.20. The van der Waals surface area contributed by atoms with Crippen molar-refractivity contribution in [3.8, 4) is 0 Å². The molecular formula is C13H20N2. The Morgan fingerprint density at radius 3 is 2.47 bits per heavy atom. The molecule has 2 rings (SSSR count). The molecule has 15 heavy (non-hydrogen) atoms. The van der Waals surface area contributed by atoms with E-state index in [1.165, 1.54) is 10.9 Å². The molecule has 82 valence electrons. The molecule has 0 aliphatic heterocycles. The Morgan fingerprint density at radius 2 is 1.87 bits per heavy atom. The largest absolute Gasteiger partial charge is 0.330 e. The summed E-state index contributed by atoms with van der Waals surface area (Å²) >= 11 is 0. The first-order chi connectivity index (χ1) is 7.20. The van der Waals surface area contributed by atoms with E-state index in [2.05, 4.69) is 42.6 Å². The van der Waals surface area contributed by atoms with Crippen molar-refractivity contribution in [3.05, 3.63) is 30.1 Å². The second-order valence-electron chi connectivity index (χ2n) is 3.68. The van der Waals surface area contributed by atoms with Crippen LogP contribution in [0.25, 0.3) is 11.0 Å². The summed E-state index contributed by atoms with van der Waals surface area (Å²) in [4.78, 5) is 4.39. The van der Waals surface area contributed by atoms with Gasteiger partial charge in [-0.05, 0) is 38.5 Å². The van der Waals surface area contributed by atoms with Crippen LogP contribution in [-0.4, -0.2) is 9.55 Å². The molecule has 0 aromatic carbocycles. The molecule has 0 saturated carbocycles. The van der Waals surface area contributed by atoms with Crippen molar-refractivity contribution in [1.29, 1.82) is 0 Å². The Balaban J connectivity index is 0.000000531. The van der Waals surface area contributed by atoms with Crippen LogP contribution >= 0.6 is 0 Å². The van der Waals surface area contributed by atoms with Gasteiger partial charge in [-0.25, -0.2) is 4.98 Å². The lowest BCUT2D eigenvalue weighted by Crippen LogP contribution is -1.99. The first-order valence-corrected chi connectivity index (χ1v) is 5.62. The van der Waals surface area contributed by atoms with Crippen molar-refractivity contribution < 1.29 is 0 Å². The lowest BCUT2D eigenvalue weighted by Gasteiger charge is -2.08. The van der Waals surface area contributed by atoms with Gasteiger partial charge in [-0.15, -0.1) is 0 Å². The van der Waals surface area contributed by atoms with E-state index in [9.17, 15) is 0 Å². The van der Waals surface area contributed by atoms with Crippen molar-refractivity contribution in [2.45, 2.75) is 40.7 Å². The second-order valence-corrected chi connectivity index (χ2v) is 3.68. The van der Waals surface area contributed by atoms with Gasteiger partial charge in [0, 0.05) is 23.8 Å². The first kappa shape index (κ1) is 11.8. The summed E-state index contributed by atoms with van der Waals surface area (Å²) in [5.41, 5.74) is 2.39. The highest BCUT2D eigenvalue weighted by Crippen LogP contribution is 2.20. The van der Waals surface area contributed by atoms with E-state index in [-0.39, 0.29) is 0 Å². The maximum atomic E-state index is 4.39. The van der Waals surface area contributed by atoms with Crippen molar-refractivity contribution in [2.24, 2.45) is 0 Å². The molecule has 0 spiro atoms. The fourth-order valence-corrected chi connectivity index (χ4v) is 1.61. The number of hydrogen-bond donors (Lipinski definition) is 0. The predicted molar refractivity (Wildman–Crippen MR) is 66.2 cm³/mol. The zero-order chi connectivity index (χ0) is 11.4. The Labute approximate surface area is 91.9 Å². The molecule has 0 radical (unpaired) electrons. The SMILES string of the molecule is CC.Cc1ccnc2c1ccn2C(C)C. The molecule has 2 heteroatoms.